The maximum Gasteiger partial charge on any atom is 0.316 e. The van der Waals surface area contributed by atoms with E-state index in [0.29, 0.717) is 17.4 Å². The zero-order valence-electron chi connectivity index (χ0n) is 8.14. The summed E-state index contributed by atoms with van der Waals surface area (Å²) in [5, 5.41) is 0.312. The van der Waals surface area contributed by atoms with Gasteiger partial charge in [-0.25, -0.2) is 0 Å². The molecule has 0 saturated heterocycles. The molecule has 1 rings (SSSR count). The van der Waals surface area contributed by atoms with Crippen LogP contribution in [0.1, 0.15) is 39.0 Å². The smallest absolute Gasteiger partial charge is 0.316 e. The molecule has 3 heteroatoms. The minimum absolute atomic E-state index is 0.139. The van der Waals surface area contributed by atoms with E-state index >= 15 is 0 Å². The number of hydrogen-bond donors (Lipinski definition) is 0. The zero-order valence-corrected chi connectivity index (χ0v) is 9.73. The van der Waals surface area contributed by atoms with Crippen LogP contribution in [-0.2, 0) is 9.53 Å². The third-order valence-corrected chi connectivity index (χ3v) is 3.52. The van der Waals surface area contributed by atoms with Crippen LogP contribution in [0.15, 0.2) is 0 Å². The monoisotopic (exact) mass is 248 g/mol. The zero-order chi connectivity index (χ0) is 9.73. The Morgan fingerprint density at radius 3 is 2.54 bits per heavy atom. The summed E-state index contributed by atoms with van der Waals surface area (Å²) in [4.78, 5) is 11.0. The maximum atomic E-state index is 11.0. The molecule has 1 aliphatic rings. The van der Waals surface area contributed by atoms with Gasteiger partial charge in [-0.1, -0.05) is 35.7 Å². The molecule has 0 radical (unpaired) electrons. The Morgan fingerprint density at radius 2 is 2.08 bits per heavy atom. The van der Waals surface area contributed by atoms with Crippen molar-refractivity contribution in [2.24, 2.45) is 5.41 Å². The lowest BCUT2D eigenvalue weighted by molar-refractivity contribution is -0.143. The average Bonchev–Trinajstić information content (AvgIpc) is 2.63. The van der Waals surface area contributed by atoms with Gasteiger partial charge in [-0.3, -0.25) is 4.79 Å². The molecular weight excluding hydrogens is 232 g/mol. The van der Waals surface area contributed by atoms with Gasteiger partial charge in [-0.05, 0) is 19.3 Å². The second kappa shape index (κ2) is 4.99. The Hall–Kier alpha value is -0.0500. The molecule has 0 aliphatic heterocycles. The fourth-order valence-corrected chi connectivity index (χ4v) is 2.16. The summed E-state index contributed by atoms with van der Waals surface area (Å²) < 4.78 is 5.18. The first-order valence-corrected chi connectivity index (χ1v) is 6.06. The summed E-state index contributed by atoms with van der Waals surface area (Å²) in [5.41, 5.74) is 0.303. The van der Waals surface area contributed by atoms with Crippen LogP contribution < -0.4 is 0 Å². The van der Waals surface area contributed by atoms with Crippen LogP contribution in [0.4, 0.5) is 0 Å². The highest BCUT2D eigenvalue weighted by atomic mass is 79.9. The van der Waals surface area contributed by atoms with Crippen molar-refractivity contribution in [3.05, 3.63) is 0 Å². The summed E-state index contributed by atoms with van der Waals surface area (Å²) >= 11 is 3.09. The van der Waals surface area contributed by atoms with E-state index in [1.807, 2.05) is 0 Å². The molecule has 0 bridgehead atoms. The van der Waals surface area contributed by atoms with E-state index < -0.39 is 0 Å². The number of hydrogen-bond acceptors (Lipinski definition) is 2. The lowest BCUT2D eigenvalue weighted by Crippen LogP contribution is -2.24. The largest absolute Gasteiger partial charge is 0.464 e. The minimum Gasteiger partial charge on any atom is -0.464 e. The quantitative estimate of drug-likeness (QED) is 0.565. The summed E-state index contributed by atoms with van der Waals surface area (Å²) in [5.74, 6) is -0.139. The lowest BCUT2D eigenvalue weighted by atomic mass is 9.84. The highest BCUT2D eigenvalue weighted by molar-refractivity contribution is 9.09. The molecule has 0 unspecified atom stereocenters. The Balaban J connectivity index is 2.35. The summed E-state index contributed by atoms with van der Waals surface area (Å²) in [6.07, 6.45) is 6.15. The fraction of sp³-hybridized carbons (Fsp3) is 0.900. The van der Waals surface area contributed by atoms with Gasteiger partial charge in [-0.15, -0.1) is 0 Å². The predicted octanol–water partition coefficient (Wildman–Crippen LogP) is 2.89. The third kappa shape index (κ3) is 2.97. The molecule has 0 N–H and O–H groups in total. The van der Waals surface area contributed by atoms with Gasteiger partial charge in [0, 0.05) is 5.41 Å². The van der Waals surface area contributed by atoms with Crippen LogP contribution >= 0.6 is 15.9 Å². The normalized spacial score (nSPS) is 20.2. The first-order chi connectivity index (χ1) is 6.22. The van der Waals surface area contributed by atoms with Gasteiger partial charge in [0.1, 0.15) is 5.33 Å². The van der Waals surface area contributed by atoms with Crippen LogP contribution in [0.25, 0.3) is 0 Å². The minimum atomic E-state index is -0.139. The molecule has 1 saturated carbocycles. The molecule has 1 fully saturated rings. The molecule has 0 spiro atoms. The van der Waals surface area contributed by atoms with E-state index in [1.54, 1.807) is 0 Å². The van der Waals surface area contributed by atoms with Crippen molar-refractivity contribution in [2.75, 3.05) is 11.9 Å². The number of alkyl halides is 1. The van der Waals surface area contributed by atoms with Crippen molar-refractivity contribution >= 4 is 21.9 Å². The van der Waals surface area contributed by atoms with E-state index in [2.05, 4.69) is 22.9 Å². The van der Waals surface area contributed by atoms with Crippen molar-refractivity contribution in [3.63, 3.8) is 0 Å². The van der Waals surface area contributed by atoms with E-state index in [4.69, 9.17) is 4.74 Å². The summed E-state index contributed by atoms with van der Waals surface area (Å²) in [7, 11) is 0. The van der Waals surface area contributed by atoms with Crippen LogP contribution in [0.3, 0.4) is 0 Å². The predicted molar refractivity (Wildman–Crippen MR) is 55.9 cm³/mol. The Morgan fingerprint density at radius 1 is 1.46 bits per heavy atom. The molecule has 0 heterocycles. The number of esters is 1. The molecule has 76 valence electrons. The first kappa shape index (κ1) is 11.0. The third-order valence-electron chi connectivity index (χ3n) is 3.06. The maximum absolute atomic E-state index is 11.0. The lowest BCUT2D eigenvalue weighted by Gasteiger charge is -2.26. The number of carbonyl (C=O) groups excluding carboxylic acids is 1. The van der Waals surface area contributed by atoms with Crippen molar-refractivity contribution in [2.45, 2.75) is 39.0 Å². The van der Waals surface area contributed by atoms with Gasteiger partial charge in [-0.2, -0.15) is 0 Å². The van der Waals surface area contributed by atoms with Crippen LogP contribution in [0.5, 0.6) is 0 Å². The SMILES string of the molecule is CCC1(COC(=O)CBr)CCCC1. The Bertz CT molecular complexity index is 174. The number of halogens is 1. The molecule has 0 aromatic carbocycles. The standard InChI is InChI=1S/C10H17BrO2/c1-2-10(5-3-4-6-10)8-13-9(12)7-11/h2-8H2,1H3. The van der Waals surface area contributed by atoms with Gasteiger partial charge in [0.15, 0.2) is 0 Å². The van der Waals surface area contributed by atoms with Gasteiger partial charge in [0.25, 0.3) is 0 Å². The molecule has 0 aromatic heterocycles. The van der Waals surface area contributed by atoms with Crippen LogP contribution in [0, 0.1) is 5.41 Å². The molecule has 0 atom stereocenters. The second-order valence-electron chi connectivity index (χ2n) is 3.85. The first-order valence-electron chi connectivity index (χ1n) is 4.94. The van der Waals surface area contributed by atoms with Crippen LogP contribution in [0.2, 0.25) is 0 Å². The van der Waals surface area contributed by atoms with Crippen molar-refractivity contribution in [1.82, 2.24) is 0 Å². The molecule has 13 heavy (non-hydrogen) atoms. The number of ether oxygens (including phenoxy) is 1. The highest BCUT2D eigenvalue weighted by Gasteiger charge is 2.33. The molecule has 1 aliphatic carbocycles. The van der Waals surface area contributed by atoms with Crippen LogP contribution in [-0.4, -0.2) is 17.9 Å². The summed E-state index contributed by atoms with van der Waals surface area (Å²) in [6.45, 7) is 2.81. The molecule has 0 aromatic rings. The van der Waals surface area contributed by atoms with E-state index in [0.717, 1.165) is 6.42 Å². The Labute approximate surface area is 88.2 Å². The topological polar surface area (TPSA) is 26.3 Å². The van der Waals surface area contributed by atoms with E-state index in [9.17, 15) is 4.79 Å². The van der Waals surface area contributed by atoms with Crippen molar-refractivity contribution in [3.8, 4) is 0 Å². The second-order valence-corrected chi connectivity index (χ2v) is 4.42. The molecule has 0 amide bonds. The number of rotatable bonds is 4. The van der Waals surface area contributed by atoms with Crippen molar-refractivity contribution < 1.29 is 9.53 Å². The van der Waals surface area contributed by atoms with Gasteiger partial charge in [0.2, 0.25) is 0 Å². The average molecular weight is 249 g/mol. The fourth-order valence-electron chi connectivity index (χ4n) is 2.00. The molecule has 2 nitrogen and oxygen atoms in total. The van der Waals surface area contributed by atoms with Gasteiger partial charge in [0.05, 0.1) is 6.61 Å². The van der Waals surface area contributed by atoms with E-state index in [1.165, 1.54) is 25.7 Å². The van der Waals surface area contributed by atoms with Gasteiger partial charge >= 0.3 is 5.97 Å². The molecular formula is C10H17BrO2. The van der Waals surface area contributed by atoms with Crippen molar-refractivity contribution in [1.29, 1.82) is 0 Å². The van der Waals surface area contributed by atoms with E-state index in [-0.39, 0.29) is 5.97 Å². The highest BCUT2D eigenvalue weighted by Crippen LogP contribution is 2.41. The number of carbonyl (C=O) groups is 1. The summed E-state index contributed by atoms with van der Waals surface area (Å²) in [6, 6.07) is 0. The van der Waals surface area contributed by atoms with Gasteiger partial charge < -0.3 is 4.74 Å². The Kier molecular flexibility index (Phi) is 4.23.